The molecule has 140 valence electrons. The number of rotatable bonds is 10. The van der Waals surface area contributed by atoms with E-state index in [9.17, 15) is 9.59 Å². The minimum Gasteiger partial charge on any atom is -0.326 e. The van der Waals surface area contributed by atoms with Crippen LogP contribution in [0.15, 0.2) is 24.3 Å². The number of carbonyl (C=O) groups excluding carboxylic acids is 2. The van der Waals surface area contributed by atoms with Crippen molar-refractivity contribution in [3.8, 4) is 0 Å². The molecule has 2 amide bonds. The maximum absolute atomic E-state index is 12.4. The van der Waals surface area contributed by atoms with Crippen LogP contribution in [0.25, 0.3) is 0 Å². The van der Waals surface area contributed by atoms with Crippen LogP contribution in [-0.4, -0.2) is 11.8 Å². The van der Waals surface area contributed by atoms with Gasteiger partial charge in [-0.1, -0.05) is 59.9 Å². The summed E-state index contributed by atoms with van der Waals surface area (Å²) in [7, 11) is 0. The second kappa shape index (κ2) is 10.2. The predicted molar refractivity (Wildman–Crippen MR) is 106 cm³/mol. The molecule has 0 radical (unpaired) electrons. The van der Waals surface area contributed by atoms with Crippen LogP contribution < -0.4 is 10.6 Å². The van der Waals surface area contributed by atoms with Gasteiger partial charge in [0.1, 0.15) is 0 Å². The molecule has 1 unspecified atom stereocenters. The monoisotopic (exact) mass is 346 g/mol. The lowest BCUT2D eigenvalue weighted by atomic mass is 9.87. The van der Waals surface area contributed by atoms with Crippen LogP contribution in [0.2, 0.25) is 0 Å². The van der Waals surface area contributed by atoms with Crippen molar-refractivity contribution in [2.45, 2.75) is 73.1 Å². The molecule has 0 aliphatic heterocycles. The van der Waals surface area contributed by atoms with Gasteiger partial charge in [0.25, 0.3) is 0 Å². The Morgan fingerprint density at radius 2 is 1.68 bits per heavy atom. The van der Waals surface area contributed by atoms with Gasteiger partial charge in [-0.2, -0.15) is 0 Å². The Bertz CT molecular complexity index is 567. The molecular formula is C21H34N2O2. The van der Waals surface area contributed by atoms with Crippen molar-refractivity contribution in [1.82, 2.24) is 0 Å². The smallest absolute Gasteiger partial charge is 0.230 e. The summed E-state index contributed by atoms with van der Waals surface area (Å²) in [6.45, 7) is 10.2. The van der Waals surface area contributed by atoms with Crippen LogP contribution in [0, 0.1) is 11.3 Å². The first-order valence-electron chi connectivity index (χ1n) is 9.56. The van der Waals surface area contributed by atoms with Crippen LogP contribution in [-0.2, 0) is 9.59 Å². The molecule has 1 rings (SSSR count). The number of anilines is 2. The van der Waals surface area contributed by atoms with Gasteiger partial charge in [0.15, 0.2) is 0 Å². The van der Waals surface area contributed by atoms with Crippen molar-refractivity contribution in [2.24, 2.45) is 11.3 Å². The molecule has 0 saturated heterocycles. The zero-order valence-electron chi connectivity index (χ0n) is 16.4. The third-order valence-corrected chi connectivity index (χ3v) is 4.65. The maximum Gasteiger partial charge on any atom is 0.230 e. The van der Waals surface area contributed by atoms with E-state index >= 15 is 0 Å². The van der Waals surface area contributed by atoms with E-state index in [2.05, 4.69) is 24.5 Å². The van der Waals surface area contributed by atoms with E-state index in [-0.39, 0.29) is 17.7 Å². The van der Waals surface area contributed by atoms with Gasteiger partial charge in [-0.3, -0.25) is 9.59 Å². The number of hydrogen-bond donors (Lipinski definition) is 2. The van der Waals surface area contributed by atoms with Crippen LogP contribution in [0.3, 0.4) is 0 Å². The third-order valence-electron chi connectivity index (χ3n) is 4.65. The second-order valence-corrected chi connectivity index (χ2v) is 7.41. The first kappa shape index (κ1) is 21.2. The molecule has 0 saturated carbocycles. The number of carbonyl (C=O) groups is 2. The minimum atomic E-state index is -0.401. The van der Waals surface area contributed by atoms with Gasteiger partial charge in [0.2, 0.25) is 11.8 Å². The normalized spacial score (nSPS) is 12.5. The SMILES string of the molecule is CCCCC(CC)C(=O)Nc1cccc(NC(=O)C(C)(C)CCC)c1. The molecule has 4 heteroatoms. The fourth-order valence-electron chi connectivity index (χ4n) is 2.93. The van der Waals surface area contributed by atoms with E-state index in [1.807, 2.05) is 45.0 Å². The van der Waals surface area contributed by atoms with Gasteiger partial charge >= 0.3 is 0 Å². The highest BCUT2D eigenvalue weighted by molar-refractivity contribution is 5.96. The van der Waals surface area contributed by atoms with E-state index in [0.717, 1.165) is 44.2 Å². The van der Waals surface area contributed by atoms with Gasteiger partial charge in [0, 0.05) is 22.7 Å². The Labute approximate surface area is 152 Å². The van der Waals surface area contributed by atoms with E-state index < -0.39 is 5.41 Å². The van der Waals surface area contributed by atoms with E-state index in [0.29, 0.717) is 5.69 Å². The van der Waals surface area contributed by atoms with Crippen LogP contribution in [0.4, 0.5) is 11.4 Å². The number of benzene rings is 1. The van der Waals surface area contributed by atoms with Crippen LogP contribution in [0.1, 0.15) is 73.1 Å². The second-order valence-electron chi connectivity index (χ2n) is 7.41. The number of amides is 2. The Balaban J connectivity index is 2.74. The molecule has 0 fully saturated rings. The Morgan fingerprint density at radius 1 is 1.04 bits per heavy atom. The summed E-state index contributed by atoms with van der Waals surface area (Å²) >= 11 is 0. The molecule has 0 heterocycles. The summed E-state index contributed by atoms with van der Waals surface area (Å²) in [6.07, 6.45) is 5.72. The molecule has 0 aromatic heterocycles. The van der Waals surface area contributed by atoms with Crippen LogP contribution in [0.5, 0.6) is 0 Å². The fourth-order valence-corrected chi connectivity index (χ4v) is 2.93. The first-order chi connectivity index (χ1) is 11.8. The molecule has 0 spiro atoms. The zero-order chi connectivity index (χ0) is 18.9. The van der Waals surface area contributed by atoms with Crippen molar-refractivity contribution < 1.29 is 9.59 Å². The summed E-state index contributed by atoms with van der Waals surface area (Å²) in [5.74, 6) is 0.111. The largest absolute Gasteiger partial charge is 0.326 e. The molecule has 1 aromatic rings. The lowest BCUT2D eigenvalue weighted by molar-refractivity contribution is -0.124. The predicted octanol–water partition coefficient (Wildman–Crippen LogP) is 5.61. The van der Waals surface area contributed by atoms with Crippen LogP contribution >= 0.6 is 0 Å². The number of nitrogens with one attached hydrogen (secondary N) is 2. The van der Waals surface area contributed by atoms with Gasteiger partial charge in [-0.15, -0.1) is 0 Å². The van der Waals surface area contributed by atoms with Gasteiger partial charge in [-0.05, 0) is 37.5 Å². The minimum absolute atomic E-state index is 0.00667. The van der Waals surface area contributed by atoms with Crippen molar-refractivity contribution in [3.05, 3.63) is 24.3 Å². The van der Waals surface area contributed by atoms with Crippen molar-refractivity contribution >= 4 is 23.2 Å². The summed E-state index contributed by atoms with van der Waals surface area (Å²) in [6, 6.07) is 7.39. The summed E-state index contributed by atoms with van der Waals surface area (Å²) in [4.78, 5) is 24.9. The van der Waals surface area contributed by atoms with Gasteiger partial charge < -0.3 is 10.6 Å². The highest BCUT2D eigenvalue weighted by atomic mass is 16.2. The molecular weight excluding hydrogens is 312 g/mol. The van der Waals surface area contributed by atoms with E-state index in [1.54, 1.807) is 0 Å². The number of unbranched alkanes of at least 4 members (excludes halogenated alkanes) is 1. The van der Waals surface area contributed by atoms with E-state index in [4.69, 9.17) is 0 Å². The zero-order valence-corrected chi connectivity index (χ0v) is 16.4. The topological polar surface area (TPSA) is 58.2 Å². The summed E-state index contributed by atoms with van der Waals surface area (Å²) in [5.41, 5.74) is 1.04. The maximum atomic E-state index is 12.4. The summed E-state index contributed by atoms with van der Waals surface area (Å²) < 4.78 is 0. The molecule has 1 atom stereocenters. The standard InChI is InChI=1S/C21H34N2O2/c1-6-9-11-16(8-3)19(24)22-17-12-10-13-18(15-17)23-20(25)21(4,5)14-7-2/h10,12-13,15-16H,6-9,11,14H2,1-5H3,(H,22,24)(H,23,25). The molecule has 25 heavy (non-hydrogen) atoms. The molecule has 0 bridgehead atoms. The Kier molecular flexibility index (Phi) is 8.67. The quantitative estimate of drug-likeness (QED) is 0.579. The Morgan fingerprint density at radius 3 is 2.24 bits per heavy atom. The third kappa shape index (κ3) is 6.89. The van der Waals surface area contributed by atoms with Gasteiger partial charge in [-0.25, -0.2) is 0 Å². The van der Waals surface area contributed by atoms with Crippen molar-refractivity contribution in [1.29, 1.82) is 0 Å². The highest BCUT2D eigenvalue weighted by Gasteiger charge is 2.26. The average Bonchev–Trinajstić information content (AvgIpc) is 2.55. The molecule has 0 aliphatic rings. The molecule has 4 nitrogen and oxygen atoms in total. The van der Waals surface area contributed by atoms with Crippen molar-refractivity contribution in [3.63, 3.8) is 0 Å². The summed E-state index contributed by atoms with van der Waals surface area (Å²) in [5, 5.41) is 5.96. The van der Waals surface area contributed by atoms with Gasteiger partial charge in [0.05, 0.1) is 0 Å². The number of hydrogen-bond acceptors (Lipinski definition) is 2. The van der Waals surface area contributed by atoms with Crippen molar-refractivity contribution in [2.75, 3.05) is 10.6 Å². The van der Waals surface area contributed by atoms with E-state index in [1.165, 1.54) is 0 Å². The molecule has 0 aliphatic carbocycles. The first-order valence-corrected chi connectivity index (χ1v) is 9.56. The highest BCUT2D eigenvalue weighted by Crippen LogP contribution is 2.25. The lowest BCUT2D eigenvalue weighted by Gasteiger charge is -2.23. The molecule has 1 aromatic carbocycles. The average molecular weight is 347 g/mol. The lowest BCUT2D eigenvalue weighted by Crippen LogP contribution is -2.30. The fraction of sp³-hybridized carbons (Fsp3) is 0.619. The Hall–Kier alpha value is -1.84. The molecule has 2 N–H and O–H groups in total.